The molecule has 3 aromatic rings. The molecule has 1 aromatic carbocycles. The van der Waals surface area contributed by atoms with Gasteiger partial charge in [-0.15, -0.1) is 11.3 Å². The average molecular weight is 396 g/mol. The Morgan fingerprint density at radius 3 is 2.61 bits per heavy atom. The van der Waals surface area contributed by atoms with E-state index in [1.807, 2.05) is 0 Å². The van der Waals surface area contributed by atoms with Gasteiger partial charge in [-0.05, 0) is 24.3 Å². The van der Waals surface area contributed by atoms with Crippen molar-refractivity contribution in [2.24, 2.45) is 0 Å². The Bertz CT molecular complexity index is 1080. The highest BCUT2D eigenvalue weighted by Crippen LogP contribution is 2.26. The van der Waals surface area contributed by atoms with Crippen LogP contribution < -0.4 is 5.32 Å². The van der Waals surface area contributed by atoms with Crippen molar-refractivity contribution in [3.05, 3.63) is 75.6 Å². The molecule has 0 unspecified atom stereocenters. The SMILES string of the molecule is O=C(/C=C/c1ncc(-c2ccc([N+](=O)[O-])cn2)s1)Nc1ccccc1C(=O)O. The van der Waals surface area contributed by atoms with Crippen molar-refractivity contribution in [1.82, 2.24) is 9.97 Å². The molecule has 1 amide bonds. The standard InChI is InChI=1S/C18H12N4O5S/c23-16(21-13-4-2-1-3-12(13)18(24)25)7-8-17-20-10-15(28-17)14-6-5-11(9-19-14)22(26)27/h1-10H,(H,21,23)(H,24,25)/b8-7+. The van der Waals surface area contributed by atoms with Crippen LogP contribution in [-0.2, 0) is 4.79 Å². The first-order valence-corrected chi connectivity index (χ1v) is 8.64. The van der Waals surface area contributed by atoms with Crippen LogP contribution in [0.25, 0.3) is 16.6 Å². The molecule has 0 saturated carbocycles. The van der Waals surface area contributed by atoms with Crippen molar-refractivity contribution in [2.45, 2.75) is 0 Å². The van der Waals surface area contributed by atoms with E-state index in [0.29, 0.717) is 15.6 Å². The molecule has 0 aliphatic rings. The maximum absolute atomic E-state index is 12.0. The minimum Gasteiger partial charge on any atom is -0.478 e. The van der Waals surface area contributed by atoms with E-state index in [4.69, 9.17) is 5.11 Å². The zero-order valence-corrected chi connectivity index (χ0v) is 14.9. The van der Waals surface area contributed by atoms with E-state index in [-0.39, 0.29) is 16.9 Å². The van der Waals surface area contributed by atoms with Crippen molar-refractivity contribution in [1.29, 1.82) is 0 Å². The number of nitrogens with one attached hydrogen (secondary N) is 1. The molecule has 0 aliphatic heterocycles. The molecule has 2 N–H and O–H groups in total. The number of aromatic nitrogens is 2. The number of hydrogen-bond donors (Lipinski definition) is 2. The van der Waals surface area contributed by atoms with Gasteiger partial charge in [0, 0.05) is 18.3 Å². The van der Waals surface area contributed by atoms with Crippen molar-refractivity contribution in [2.75, 3.05) is 5.32 Å². The van der Waals surface area contributed by atoms with Crippen molar-refractivity contribution in [3.63, 3.8) is 0 Å². The Kier molecular flexibility index (Phi) is 5.51. The predicted octanol–water partition coefficient (Wildman–Crippen LogP) is 3.46. The van der Waals surface area contributed by atoms with Gasteiger partial charge in [-0.3, -0.25) is 14.9 Å². The number of anilines is 1. The number of nitrogens with zero attached hydrogens (tertiary/aromatic N) is 3. The third-order valence-electron chi connectivity index (χ3n) is 3.53. The van der Waals surface area contributed by atoms with E-state index in [1.54, 1.807) is 18.3 Å². The summed E-state index contributed by atoms with van der Waals surface area (Å²) < 4.78 is 0. The molecule has 0 saturated heterocycles. The van der Waals surface area contributed by atoms with Gasteiger partial charge in [0.05, 0.1) is 26.7 Å². The van der Waals surface area contributed by atoms with Crippen LogP contribution in [0.4, 0.5) is 11.4 Å². The minimum absolute atomic E-state index is 0.00923. The van der Waals surface area contributed by atoms with Gasteiger partial charge >= 0.3 is 5.97 Å². The van der Waals surface area contributed by atoms with E-state index in [1.165, 1.54) is 47.8 Å². The first-order valence-electron chi connectivity index (χ1n) is 7.82. The summed E-state index contributed by atoms with van der Waals surface area (Å²) in [7, 11) is 0. The maximum Gasteiger partial charge on any atom is 0.337 e. The molecule has 0 spiro atoms. The fourth-order valence-corrected chi connectivity index (χ4v) is 3.02. The molecule has 10 heteroatoms. The van der Waals surface area contributed by atoms with Gasteiger partial charge in [-0.2, -0.15) is 0 Å². The van der Waals surface area contributed by atoms with Crippen molar-refractivity contribution in [3.8, 4) is 10.6 Å². The summed E-state index contributed by atoms with van der Waals surface area (Å²) in [6.07, 6.45) is 5.44. The lowest BCUT2D eigenvalue weighted by Gasteiger charge is -2.05. The molecular weight excluding hydrogens is 384 g/mol. The first-order chi connectivity index (χ1) is 13.4. The van der Waals surface area contributed by atoms with Crippen LogP contribution in [0.5, 0.6) is 0 Å². The summed E-state index contributed by atoms with van der Waals surface area (Å²) in [6, 6.07) is 8.96. The van der Waals surface area contributed by atoms with E-state index < -0.39 is 16.8 Å². The predicted molar refractivity (Wildman–Crippen MR) is 103 cm³/mol. The third-order valence-corrected chi connectivity index (χ3v) is 4.51. The molecule has 0 atom stereocenters. The number of para-hydroxylation sites is 1. The second kappa shape index (κ2) is 8.18. The average Bonchev–Trinajstić information content (AvgIpc) is 3.16. The number of hydrogen-bond acceptors (Lipinski definition) is 7. The van der Waals surface area contributed by atoms with E-state index in [2.05, 4.69) is 15.3 Å². The van der Waals surface area contributed by atoms with Crippen LogP contribution in [-0.4, -0.2) is 31.9 Å². The van der Waals surface area contributed by atoms with Crippen LogP contribution in [0.1, 0.15) is 15.4 Å². The highest BCUT2D eigenvalue weighted by molar-refractivity contribution is 7.15. The molecule has 2 aromatic heterocycles. The van der Waals surface area contributed by atoms with Gasteiger partial charge < -0.3 is 10.4 Å². The lowest BCUT2D eigenvalue weighted by Crippen LogP contribution is -2.11. The fourth-order valence-electron chi connectivity index (χ4n) is 2.22. The molecule has 3 rings (SSSR count). The fraction of sp³-hybridized carbons (Fsp3) is 0. The third kappa shape index (κ3) is 4.43. The number of carboxylic acids is 1. The number of rotatable bonds is 6. The summed E-state index contributed by atoms with van der Waals surface area (Å²) in [6.45, 7) is 0. The number of carbonyl (C=O) groups excluding carboxylic acids is 1. The van der Waals surface area contributed by atoms with Crippen LogP contribution >= 0.6 is 11.3 Å². The highest BCUT2D eigenvalue weighted by Gasteiger charge is 2.11. The Hall–Kier alpha value is -3.92. The lowest BCUT2D eigenvalue weighted by molar-refractivity contribution is -0.385. The highest BCUT2D eigenvalue weighted by atomic mass is 32.1. The van der Waals surface area contributed by atoms with Crippen molar-refractivity contribution < 1.29 is 19.6 Å². The first kappa shape index (κ1) is 18.9. The number of nitro groups is 1. The Balaban J connectivity index is 1.69. The monoisotopic (exact) mass is 396 g/mol. The molecule has 0 radical (unpaired) electrons. The molecule has 0 aliphatic carbocycles. The Morgan fingerprint density at radius 2 is 1.93 bits per heavy atom. The molecule has 28 heavy (non-hydrogen) atoms. The quantitative estimate of drug-likeness (QED) is 0.370. The summed E-state index contributed by atoms with van der Waals surface area (Å²) in [5.74, 6) is -1.64. The number of carboxylic acid groups (broad SMARTS) is 1. The second-order valence-electron chi connectivity index (χ2n) is 5.39. The number of aromatic carboxylic acids is 1. The molecule has 2 heterocycles. The maximum atomic E-state index is 12.0. The molecule has 140 valence electrons. The van der Waals surface area contributed by atoms with Crippen LogP contribution in [0.2, 0.25) is 0 Å². The van der Waals surface area contributed by atoms with E-state index in [9.17, 15) is 19.7 Å². The topological polar surface area (TPSA) is 135 Å². The zero-order valence-electron chi connectivity index (χ0n) is 14.1. The number of carbonyl (C=O) groups is 2. The van der Waals surface area contributed by atoms with Crippen LogP contribution in [0.3, 0.4) is 0 Å². The van der Waals surface area contributed by atoms with Gasteiger partial charge in [0.2, 0.25) is 5.91 Å². The molecular formula is C18H12N4O5S. The van der Waals surface area contributed by atoms with E-state index >= 15 is 0 Å². The van der Waals surface area contributed by atoms with Gasteiger partial charge in [-0.1, -0.05) is 12.1 Å². The van der Waals surface area contributed by atoms with Gasteiger partial charge in [0.15, 0.2) is 0 Å². The van der Waals surface area contributed by atoms with Crippen LogP contribution in [0, 0.1) is 10.1 Å². The molecule has 0 bridgehead atoms. The van der Waals surface area contributed by atoms with Gasteiger partial charge in [0.25, 0.3) is 5.69 Å². The summed E-state index contributed by atoms with van der Waals surface area (Å²) in [4.78, 5) is 42.2. The van der Waals surface area contributed by atoms with Crippen LogP contribution in [0.15, 0.2) is 54.9 Å². The summed E-state index contributed by atoms with van der Waals surface area (Å²) >= 11 is 1.25. The number of thiazole rings is 1. The summed E-state index contributed by atoms with van der Waals surface area (Å²) in [5.41, 5.74) is 0.610. The smallest absolute Gasteiger partial charge is 0.337 e. The Morgan fingerprint density at radius 1 is 1.14 bits per heavy atom. The van der Waals surface area contributed by atoms with Crippen molar-refractivity contribution >= 4 is 40.7 Å². The second-order valence-corrected chi connectivity index (χ2v) is 6.46. The lowest BCUT2D eigenvalue weighted by atomic mass is 10.2. The van der Waals surface area contributed by atoms with Gasteiger partial charge in [-0.25, -0.2) is 14.8 Å². The number of benzene rings is 1. The normalized spacial score (nSPS) is 10.7. The minimum atomic E-state index is -1.14. The largest absolute Gasteiger partial charge is 0.478 e. The van der Waals surface area contributed by atoms with E-state index in [0.717, 1.165) is 6.20 Å². The number of amides is 1. The summed E-state index contributed by atoms with van der Waals surface area (Å²) in [5, 5.41) is 22.8. The molecule has 9 nitrogen and oxygen atoms in total. The zero-order chi connectivity index (χ0) is 20.1. The number of pyridine rings is 1. The Labute approximate surface area is 162 Å². The van der Waals surface area contributed by atoms with Gasteiger partial charge in [0.1, 0.15) is 11.2 Å². The molecule has 0 fully saturated rings.